The van der Waals surface area contributed by atoms with Crippen molar-refractivity contribution in [1.82, 2.24) is 14.5 Å². The van der Waals surface area contributed by atoms with Crippen LogP contribution < -0.4 is 11.5 Å². The zero-order valence-electron chi connectivity index (χ0n) is 23.2. The number of nitrogens with two attached hydrogens (primary N) is 2. The number of hydrogen-bond acceptors (Lipinski definition) is 7. The first-order valence-electron chi connectivity index (χ1n) is 13.7. The van der Waals surface area contributed by atoms with Crippen molar-refractivity contribution in [3.05, 3.63) is 65.5 Å². The van der Waals surface area contributed by atoms with Crippen LogP contribution in [0.25, 0.3) is 21.9 Å². The van der Waals surface area contributed by atoms with Gasteiger partial charge in [0.05, 0.1) is 24.1 Å². The van der Waals surface area contributed by atoms with Crippen molar-refractivity contribution in [2.75, 3.05) is 19.5 Å². The summed E-state index contributed by atoms with van der Waals surface area (Å²) in [5.41, 5.74) is 16.2. The molecule has 1 atom stereocenters. The second-order valence-corrected chi connectivity index (χ2v) is 10.2. The third-order valence-electron chi connectivity index (χ3n) is 7.34. The average Bonchev–Trinajstić information content (AvgIpc) is 3.30. The van der Waals surface area contributed by atoms with Gasteiger partial charge in [-0.15, -0.1) is 0 Å². The molecule has 4 N–H and O–H groups in total. The van der Waals surface area contributed by atoms with Crippen molar-refractivity contribution < 1.29 is 19.1 Å². The maximum absolute atomic E-state index is 12.4. The molecule has 0 aliphatic rings. The minimum Gasteiger partial charge on any atom is -0.384 e. The van der Waals surface area contributed by atoms with E-state index in [9.17, 15) is 14.4 Å². The van der Waals surface area contributed by atoms with Gasteiger partial charge in [0.25, 0.3) is 0 Å². The molecule has 4 rings (SSSR count). The van der Waals surface area contributed by atoms with Crippen LogP contribution in [0.4, 0.5) is 5.82 Å². The molecule has 1 amide bonds. The van der Waals surface area contributed by atoms with Gasteiger partial charge in [-0.25, -0.2) is 9.97 Å². The number of Topliss-reactive ketones (excluding diaryl/α,β-unsaturated/α-hetero) is 2. The molecule has 4 aromatic rings. The number of aromatic nitrogens is 3. The molecule has 2 aromatic carbocycles. The Balaban J connectivity index is 1.43. The number of hydrogen-bond donors (Lipinski definition) is 2. The second-order valence-electron chi connectivity index (χ2n) is 10.2. The number of carbonyl (C=O) groups is 3. The summed E-state index contributed by atoms with van der Waals surface area (Å²) < 4.78 is 7.50. The average molecular weight is 544 g/mol. The van der Waals surface area contributed by atoms with Crippen LogP contribution in [0.1, 0.15) is 56.0 Å². The van der Waals surface area contributed by atoms with Crippen LogP contribution in [0.2, 0.25) is 0 Å². The number of para-hydroxylation sites is 1. The number of aryl methyl sites for hydroxylation is 1. The monoisotopic (exact) mass is 543 g/mol. The standard InChI is InChI=1S/C31H37N5O4/c1-3-22(31(33)39)13-15-24(38)18-23(37)14-12-20-8-10-21(11-9-20)19-36-27(16-17-40-2)35-28-29(36)25-6-4-5-7-26(25)34-30(28)32/h4-11,22H,3,12-19H2,1-2H3,(H2,32,34)(H2,33,39)/t22-/m0/s1. The predicted molar refractivity (Wildman–Crippen MR) is 156 cm³/mol. The number of ether oxygens (including phenoxy) is 1. The molecular formula is C31H37N5O4. The third-order valence-corrected chi connectivity index (χ3v) is 7.34. The van der Waals surface area contributed by atoms with Gasteiger partial charge in [-0.1, -0.05) is 49.4 Å². The van der Waals surface area contributed by atoms with E-state index < -0.39 is 5.91 Å². The zero-order chi connectivity index (χ0) is 28.6. The van der Waals surface area contributed by atoms with E-state index in [1.807, 2.05) is 43.3 Å². The first-order valence-corrected chi connectivity index (χ1v) is 13.7. The zero-order valence-corrected chi connectivity index (χ0v) is 23.2. The molecule has 210 valence electrons. The van der Waals surface area contributed by atoms with Crippen molar-refractivity contribution in [1.29, 1.82) is 0 Å². The molecule has 0 spiro atoms. The molecule has 40 heavy (non-hydrogen) atoms. The Hall–Kier alpha value is -4.11. The highest BCUT2D eigenvalue weighted by Gasteiger charge is 2.18. The molecule has 2 aromatic heterocycles. The van der Waals surface area contributed by atoms with Crippen molar-refractivity contribution in [3.63, 3.8) is 0 Å². The van der Waals surface area contributed by atoms with E-state index in [0.717, 1.165) is 33.4 Å². The smallest absolute Gasteiger partial charge is 0.220 e. The van der Waals surface area contributed by atoms with E-state index in [1.54, 1.807) is 7.11 Å². The lowest BCUT2D eigenvalue weighted by molar-refractivity contribution is -0.127. The quantitative estimate of drug-likeness (QED) is 0.214. The van der Waals surface area contributed by atoms with Crippen LogP contribution >= 0.6 is 0 Å². The number of nitrogens with zero attached hydrogens (tertiary/aromatic N) is 3. The molecule has 0 unspecified atom stereocenters. The number of rotatable bonds is 15. The summed E-state index contributed by atoms with van der Waals surface area (Å²) in [7, 11) is 1.67. The van der Waals surface area contributed by atoms with Crippen molar-refractivity contribution >= 4 is 45.2 Å². The normalized spacial score (nSPS) is 12.2. The molecule has 0 fully saturated rings. The highest BCUT2D eigenvalue weighted by atomic mass is 16.5. The summed E-state index contributed by atoms with van der Waals surface area (Å²) in [5, 5.41) is 0.993. The van der Waals surface area contributed by atoms with Crippen LogP contribution in [0.15, 0.2) is 48.5 Å². The van der Waals surface area contributed by atoms with Gasteiger partial charge in [-0.3, -0.25) is 14.4 Å². The molecule has 9 heteroatoms. The molecule has 0 radical (unpaired) electrons. The Morgan fingerprint density at radius 1 is 0.950 bits per heavy atom. The SMILES string of the molecule is CC[C@@H](CCC(=O)CC(=O)CCc1ccc(Cn2c(CCOC)nc3c(N)nc4ccccc4c32)cc1)C(N)=O. The van der Waals surface area contributed by atoms with Crippen molar-refractivity contribution in [2.45, 2.75) is 58.4 Å². The number of imidazole rings is 1. The fraction of sp³-hybridized carbons (Fsp3) is 0.387. The molecule has 0 saturated carbocycles. The number of ketones is 2. The Morgan fingerprint density at radius 2 is 1.65 bits per heavy atom. The highest BCUT2D eigenvalue weighted by Crippen LogP contribution is 2.29. The summed E-state index contributed by atoms with van der Waals surface area (Å²) in [6.07, 6.45) is 2.59. The molecule has 0 saturated heterocycles. The summed E-state index contributed by atoms with van der Waals surface area (Å²) in [5.74, 6) is 0.339. The summed E-state index contributed by atoms with van der Waals surface area (Å²) in [6, 6.07) is 16.1. The minimum absolute atomic E-state index is 0.0908. The van der Waals surface area contributed by atoms with E-state index >= 15 is 0 Å². The van der Waals surface area contributed by atoms with Gasteiger partial charge >= 0.3 is 0 Å². The molecule has 0 aliphatic carbocycles. The largest absolute Gasteiger partial charge is 0.384 e. The topological polar surface area (TPSA) is 143 Å². The summed E-state index contributed by atoms with van der Waals surface area (Å²) in [6.45, 7) is 3.00. The first kappa shape index (κ1) is 28.9. The Labute approximate surface area is 233 Å². The Morgan fingerprint density at radius 3 is 2.35 bits per heavy atom. The number of methoxy groups -OCH3 is 1. The fourth-order valence-corrected chi connectivity index (χ4v) is 5.02. The fourth-order valence-electron chi connectivity index (χ4n) is 5.02. The minimum atomic E-state index is -0.396. The Bertz CT molecular complexity index is 1510. The van der Waals surface area contributed by atoms with Gasteiger partial charge in [0.15, 0.2) is 5.82 Å². The van der Waals surface area contributed by atoms with Gasteiger partial charge in [0, 0.05) is 44.2 Å². The molecular weight excluding hydrogens is 506 g/mol. The first-order chi connectivity index (χ1) is 19.3. The van der Waals surface area contributed by atoms with E-state index in [1.165, 1.54) is 0 Å². The van der Waals surface area contributed by atoms with Gasteiger partial charge in [0.2, 0.25) is 5.91 Å². The van der Waals surface area contributed by atoms with Crippen molar-refractivity contribution in [3.8, 4) is 0 Å². The maximum Gasteiger partial charge on any atom is 0.220 e. The third kappa shape index (κ3) is 6.90. The number of amides is 1. The summed E-state index contributed by atoms with van der Waals surface area (Å²) >= 11 is 0. The van der Waals surface area contributed by atoms with Crippen LogP contribution in [0, 0.1) is 5.92 Å². The van der Waals surface area contributed by atoms with Gasteiger partial charge in [-0.05, 0) is 36.5 Å². The molecule has 0 bridgehead atoms. The van der Waals surface area contributed by atoms with Crippen LogP contribution in [0.5, 0.6) is 0 Å². The lowest BCUT2D eigenvalue weighted by Gasteiger charge is -2.12. The van der Waals surface area contributed by atoms with E-state index in [0.29, 0.717) is 56.6 Å². The number of nitrogen functional groups attached to an aromatic ring is 1. The van der Waals surface area contributed by atoms with Gasteiger partial charge in [0.1, 0.15) is 22.9 Å². The maximum atomic E-state index is 12.4. The molecule has 2 heterocycles. The van der Waals surface area contributed by atoms with Gasteiger partial charge in [-0.2, -0.15) is 0 Å². The molecule has 0 aliphatic heterocycles. The Kier molecular flexibility index (Phi) is 9.60. The van der Waals surface area contributed by atoms with Gasteiger partial charge < -0.3 is 20.8 Å². The highest BCUT2D eigenvalue weighted by molar-refractivity contribution is 6.06. The van der Waals surface area contributed by atoms with Crippen LogP contribution in [-0.2, 0) is 38.5 Å². The lowest BCUT2D eigenvalue weighted by Crippen LogP contribution is -2.23. The predicted octanol–water partition coefficient (Wildman–Crippen LogP) is 4.16. The second kappa shape index (κ2) is 13.3. The number of fused-ring (bicyclic) bond motifs is 3. The van der Waals surface area contributed by atoms with E-state index in [2.05, 4.69) is 21.7 Å². The number of anilines is 1. The summed E-state index contributed by atoms with van der Waals surface area (Å²) in [4.78, 5) is 45.3. The van der Waals surface area contributed by atoms with Crippen molar-refractivity contribution in [2.24, 2.45) is 11.7 Å². The number of pyridine rings is 1. The lowest BCUT2D eigenvalue weighted by atomic mass is 9.96. The molecule has 9 nitrogen and oxygen atoms in total. The van der Waals surface area contributed by atoms with E-state index in [-0.39, 0.29) is 30.3 Å². The number of primary amides is 1. The van der Waals surface area contributed by atoms with E-state index in [4.69, 9.17) is 21.2 Å². The van der Waals surface area contributed by atoms with Crippen LogP contribution in [-0.4, -0.2) is 45.7 Å². The number of carbonyl (C=O) groups excluding carboxylic acids is 3. The van der Waals surface area contributed by atoms with Crippen LogP contribution in [0.3, 0.4) is 0 Å². The number of benzene rings is 2.